The molecule has 2 rings (SSSR count). The largest absolute Gasteiger partial charge is 0.313 e. The number of benzene rings is 1. The van der Waals surface area contributed by atoms with E-state index in [9.17, 15) is 8.78 Å². The molecule has 0 amide bonds. The van der Waals surface area contributed by atoms with E-state index in [1.54, 1.807) is 13.1 Å². The van der Waals surface area contributed by atoms with E-state index < -0.39 is 17.7 Å². The van der Waals surface area contributed by atoms with Crippen molar-refractivity contribution >= 4 is 22.9 Å². The molecule has 2 aromatic rings. The fraction of sp³-hybridized carbons (Fsp3) is 0.231. The molecular weight excluding hydrogens is 276 g/mol. The van der Waals surface area contributed by atoms with Crippen LogP contribution in [-0.4, -0.2) is 7.05 Å². The first-order valence-corrected chi connectivity index (χ1v) is 6.66. The van der Waals surface area contributed by atoms with E-state index in [-0.39, 0.29) is 5.56 Å². The van der Waals surface area contributed by atoms with Gasteiger partial charge in [0, 0.05) is 22.9 Å². The molecule has 0 saturated heterocycles. The molecule has 1 atom stereocenters. The number of hydrogen-bond donors (Lipinski definition) is 1. The molecule has 1 heterocycles. The maximum absolute atomic E-state index is 13.7. The van der Waals surface area contributed by atoms with Gasteiger partial charge in [-0.2, -0.15) is 0 Å². The zero-order valence-electron chi connectivity index (χ0n) is 9.71. The van der Waals surface area contributed by atoms with Gasteiger partial charge in [-0.05, 0) is 31.3 Å². The second kappa shape index (κ2) is 5.78. The number of halogens is 3. The topological polar surface area (TPSA) is 12.0 Å². The first-order chi connectivity index (χ1) is 8.61. The van der Waals surface area contributed by atoms with Gasteiger partial charge in [0.25, 0.3) is 0 Å². The van der Waals surface area contributed by atoms with Crippen LogP contribution < -0.4 is 5.32 Å². The van der Waals surface area contributed by atoms with Crippen molar-refractivity contribution in [1.29, 1.82) is 0 Å². The predicted molar refractivity (Wildman–Crippen MR) is 71.2 cm³/mol. The zero-order valence-corrected chi connectivity index (χ0v) is 11.3. The lowest BCUT2D eigenvalue weighted by Crippen LogP contribution is -2.21. The van der Waals surface area contributed by atoms with Crippen LogP contribution in [0.25, 0.3) is 0 Å². The van der Waals surface area contributed by atoms with Crippen LogP contribution in [0.5, 0.6) is 0 Å². The first kappa shape index (κ1) is 13.5. The summed E-state index contributed by atoms with van der Waals surface area (Å²) < 4.78 is 28.1. The Labute approximate surface area is 113 Å². The van der Waals surface area contributed by atoms with Gasteiger partial charge >= 0.3 is 0 Å². The van der Waals surface area contributed by atoms with Gasteiger partial charge in [0.05, 0.1) is 4.34 Å². The maximum atomic E-state index is 13.7. The van der Waals surface area contributed by atoms with Crippen molar-refractivity contribution in [3.8, 4) is 0 Å². The van der Waals surface area contributed by atoms with E-state index in [0.29, 0.717) is 10.8 Å². The Kier molecular flexibility index (Phi) is 4.32. The number of rotatable bonds is 4. The van der Waals surface area contributed by atoms with Crippen molar-refractivity contribution in [1.82, 2.24) is 5.32 Å². The summed E-state index contributed by atoms with van der Waals surface area (Å²) >= 11 is 7.26. The fourth-order valence-electron chi connectivity index (χ4n) is 1.85. The molecular formula is C13H12ClF2NS. The van der Waals surface area contributed by atoms with Gasteiger partial charge in [0.2, 0.25) is 0 Å². The van der Waals surface area contributed by atoms with Crippen molar-refractivity contribution in [3.05, 3.63) is 56.7 Å². The molecule has 1 aromatic carbocycles. The number of hydrogen-bond acceptors (Lipinski definition) is 2. The Morgan fingerprint density at radius 1 is 1.22 bits per heavy atom. The van der Waals surface area contributed by atoms with Crippen LogP contribution in [0.3, 0.4) is 0 Å². The summed E-state index contributed by atoms with van der Waals surface area (Å²) in [4.78, 5) is 0.988. The molecule has 0 aliphatic heterocycles. The highest BCUT2D eigenvalue weighted by Gasteiger charge is 2.19. The molecule has 0 aliphatic rings. The van der Waals surface area contributed by atoms with Crippen LogP contribution in [0.2, 0.25) is 4.34 Å². The van der Waals surface area contributed by atoms with E-state index in [4.69, 9.17) is 11.6 Å². The van der Waals surface area contributed by atoms with Gasteiger partial charge in [0.15, 0.2) is 0 Å². The van der Waals surface area contributed by atoms with Crippen LogP contribution in [0.15, 0.2) is 30.3 Å². The molecule has 18 heavy (non-hydrogen) atoms. The summed E-state index contributed by atoms with van der Waals surface area (Å²) in [5.74, 6) is -1.06. The van der Waals surface area contributed by atoms with Crippen molar-refractivity contribution < 1.29 is 8.78 Å². The van der Waals surface area contributed by atoms with Gasteiger partial charge in [-0.1, -0.05) is 17.7 Å². The standard InChI is InChI=1S/C13H12ClF2NS/c1-17-11(7-8-5-6-12(14)18-8)13-9(15)3-2-4-10(13)16/h2-6,11,17H,7H2,1H3. The normalized spacial score (nSPS) is 12.7. The van der Waals surface area contributed by atoms with E-state index >= 15 is 0 Å². The smallest absolute Gasteiger partial charge is 0.130 e. The van der Waals surface area contributed by atoms with Gasteiger partial charge in [-0.3, -0.25) is 0 Å². The van der Waals surface area contributed by atoms with Crippen molar-refractivity contribution in [2.75, 3.05) is 7.05 Å². The Hall–Kier alpha value is -0.970. The van der Waals surface area contributed by atoms with E-state index in [1.807, 2.05) is 6.07 Å². The van der Waals surface area contributed by atoms with Crippen LogP contribution in [-0.2, 0) is 6.42 Å². The molecule has 5 heteroatoms. The molecule has 1 nitrogen and oxygen atoms in total. The summed E-state index contributed by atoms with van der Waals surface area (Å²) in [6.07, 6.45) is 0.506. The maximum Gasteiger partial charge on any atom is 0.130 e. The van der Waals surface area contributed by atoms with E-state index in [1.165, 1.54) is 29.5 Å². The van der Waals surface area contributed by atoms with Crippen LogP contribution in [0, 0.1) is 11.6 Å². The molecule has 0 fully saturated rings. The van der Waals surface area contributed by atoms with Gasteiger partial charge in [-0.25, -0.2) is 8.78 Å². The Balaban J connectivity index is 2.28. The average molecular weight is 288 g/mol. The molecule has 0 aliphatic carbocycles. The first-order valence-electron chi connectivity index (χ1n) is 5.47. The molecule has 0 bridgehead atoms. The lowest BCUT2D eigenvalue weighted by atomic mass is 10.0. The third-order valence-corrected chi connectivity index (χ3v) is 3.98. The minimum atomic E-state index is -0.531. The fourth-order valence-corrected chi connectivity index (χ4v) is 2.99. The van der Waals surface area contributed by atoms with Crippen molar-refractivity contribution in [2.45, 2.75) is 12.5 Å². The van der Waals surface area contributed by atoms with Crippen molar-refractivity contribution in [3.63, 3.8) is 0 Å². The second-order valence-corrected chi connectivity index (χ2v) is 5.69. The Morgan fingerprint density at radius 3 is 2.39 bits per heavy atom. The van der Waals surface area contributed by atoms with E-state index in [2.05, 4.69) is 5.32 Å². The molecule has 1 aromatic heterocycles. The lowest BCUT2D eigenvalue weighted by Gasteiger charge is -2.17. The zero-order chi connectivity index (χ0) is 13.1. The number of likely N-dealkylation sites (N-methyl/N-ethyl adjacent to an activating group) is 1. The SMILES string of the molecule is CNC(Cc1ccc(Cl)s1)c1c(F)cccc1F. The van der Waals surface area contributed by atoms with Crippen LogP contribution >= 0.6 is 22.9 Å². The molecule has 1 unspecified atom stereocenters. The highest BCUT2D eigenvalue weighted by atomic mass is 35.5. The number of thiophene rings is 1. The molecule has 96 valence electrons. The van der Waals surface area contributed by atoms with Gasteiger partial charge in [-0.15, -0.1) is 11.3 Å². The monoisotopic (exact) mass is 287 g/mol. The minimum Gasteiger partial charge on any atom is -0.313 e. The predicted octanol–water partition coefficient (Wildman–Crippen LogP) is 4.18. The van der Waals surface area contributed by atoms with Crippen LogP contribution in [0.4, 0.5) is 8.78 Å². The van der Waals surface area contributed by atoms with Gasteiger partial charge in [0.1, 0.15) is 11.6 Å². The summed E-state index contributed by atoms with van der Waals surface area (Å²) in [7, 11) is 1.69. The minimum absolute atomic E-state index is 0.0736. The Morgan fingerprint density at radius 2 is 1.89 bits per heavy atom. The summed E-state index contributed by atoms with van der Waals surface area (Å²) in [5.41, 5.74) is 0.0736. The molecule has 0 spiro atoms. The van der Waals surface area contributed by atoms with E-state index in [0.717, 1.165) is 4.88 Å². The Bertz CT molecular complexity index is 521. The lowest BCUT2D eigenvalue weighted by molar-refractivity contribution is 0.491. The van der Waals surface area contributed by atoms with Crippen molar-refractivity contribution in [2.24, 2.45) is 0 Å². The quantitative estimate of drug-likeness (QED) is 0.889. The summed E-state index contributed by atoms with van der Waals surface area (Å²) in [6, 6.07) is 7.15. The highest BCUT2D eigenvalue weighted by molar-refractivity contribution is 7.16. The summed E-state index contributed by atoms with van der Waals surface area (Å²) in [5, 5.41) is 2.94. The molecule has 0 saturated carbocycles. The highest BCUT2D eigenvalue weighted by Crippen LogP contribution is 2.28. The second-order valence-electron chi connectivity index (χ2n) is 3.89. The van der Waals surface area contributed by atoms with Crippen LogP contribution in [0.1, 0.15) is 16.5 Å². The average Bonchev–Trinajstić information content (AvgIpc) is 2.73. The number of nitrogens with one attached hydrogen (secondary N) is 1. The molecule has 0 radical (unpaired) electrons. The third-order valence-electron chi connectivity index (χ3n) is 2.73. The summed E-state index contributed by atoms with van der Waals surface area (Å²) in [6.45, 7) is 0. The molecule has 1 N–H and O–H groups in total. The van der Waals surface area contributed by atoms with Gasteiger partial charge < -0.3 is 5.32 Å². The third kappa shape index (κ3) is 2.88.